The molecule has 1 aliphatic carbocycles. The first-order chi connectivity index (χ1) is 12.3. The maximum atomic E-state index is 13.1. The Morgan fingerprint density at radius 2 is 1.85 bits per heavy atom. The molecule has 0 aromatic heterocycles. The van der Waals surface area contributed by atoms with E-state index in [1.165, 1.54) is 17.0 Å². The zero-order valence-electron chi connectivity index (χ0n) is 15.1. The molecule has 140 valence electrons. The number of likely N-dealkylation sites (N-methyl/N-ethyl adjacent to an activating group) is 1. The molecule has 3 rings (SSSR count). The average Bonchev–Trinajstić information content (AvgIpc) is 2.85. The van der Waals surface area contributed by atoms with Gasteiger partial charge in [0.2, 0.25) is 5.91 Å². The van der Waals surface area contributed by atoms with E-state index in [4.69, 9.17) is 0 Å². The molecule has 4 amide bonds. The van der Waals surface area contributed by atoms with Crippen LogP contribution >= 0.6 is 0 Å². The quantitative estimate of drug-likeness (QED) is 0.838. The summed E-state index contributed by atoms with van der Waals surface area (Å²) in [7, 11) is 1.62. The number of imide groups is 1. The van der Waals surface area contributed by atoms with E-state index in [9.17, 15) is 18.8 Å². The summed E-state index contributed by atoms with van der Waals surface area (Å²) < 4.78 is 13.1. The minimum atomic E-state index is -0.823. The van der Waals surface area contributed by atoms with E-state index in [1.807, 2.05) is 6.92 Å². The van der Waals surface area contributed by atoms with Gasteiger partial charge in [0, 0.05) is 7.05 Å². The van der Waals surface area contributed by atoms with Crippen LogP contribution in [0.15, 0.2) is 24.3 Å². The van der Waals surface area contributed by atoms with Gasteiger partial charge in [-0.1, -0.05) is 31.4 Å². The predicted octanol–water partition coefficient (Wildman–Crippen LogP) is 2.60. The lowest BCUT2D eigenvalue weighted by molar-refractivity contribution is -0.139. The number of rotatable bonds is 4. The molecule has 1 saturated heterocycles. The highest BCUT2D eigenvalue weighted by atomic mass is 19.1. The minimum absolute atomic E-state index is 0.283. The maximum Gasteiger partial charge on any atom is 0.325 e. The van der Waals surface area contributed by atoms with Crippen LogP contribution in [0.3, 0.4) is 0 Å². The van der Waals surface area contributed by atoms with Gasteiger partial charge < -0.3 is 10.2 Å². The lowest BCUT2D eigenvalue weighted by Crippen LogP contribution is -2.49. The third-order valence-electron chi connectivity index (χ3n) is 5.57. The Morgan fingerprint density at radius 1 is 1.23 bits per heavy atom. The Morgan fingerprint density at radius 3 is 2.46 bits per heavy atom. The topological polar surface area (TPSA) is 69.7 Å². The van der Waals surface area contributed by atoms with Gasteiger partial charge in [0.25, 0.3) is 5.91 Å². The summed E-state index contributed by atoms with van der Waals surface area (Å²) in [6, 6.07) is 5.13. The van der Waals surface area contributed by atoms with E-state index in [1.54, 1.807) is 19.2 Å². The number of nitrogens with zero attached hydrogens (tertiary/aromatic N) is 2. The molecule has 6 nitrogen and oxygen atoms in total. The van der Waals surface area contributed by atoms with E-state index in [0.717, 1.165) is 29.7 Å². The largest absolute Gasteiger partial charge is 0.337 e. The van der Waals surface area contributed by atoms with Crippen LogP contribution in [-0.2, 0) is 9.59 Å². The van der Waals surface area contributed by atoms with Gasteiger partial charge in [-0.3, -0.25) is 14.5 Å². The second kappa shape index (κ2) is 7.05. The molecule has 2 fully saturated rings. The van der Waals surface area contributed by atoms with E-state index in [2.05, 4.69) is 5.32 Å². The molecule has 7 heteroatoms. The summed E-state index contributed by atoms with van der Waals surface area (Å²) in [6.45, 7) is 1.54. The predicted molar refractivity (Wildman–Crippen MR) is 93.6 cm³/mol. The van der Waals surface area contributed by atoms with Crippen molar-refractivity contribution < 1.29 is 18.8 Å². The SMILES string of the molecule is C[C@H](c1ccc(F)cc1)N(C)C(=O)CN1C(=O)NC2(CCCCC2)C1=O. The maximum absolute atomic E-state index is 13.1. The fraction of sp³-hybridized carbons (Fsp3) is 0.526. The highest BCUT2D eigenvalue weighted by molar-refractivity contribution is 6.09. The average molecular weight is 361 g/mol. The zero-order valence-corrected chi connectivity index (χ0v) is 15.1. The summed E-state index contributed by atoms with van der Waals surface area (Å²) in [6.07, 6.45) is 4.11. The van der Waals surface area contributed by atoms with Crippen LogP contribution in [0.2, 0.25) is 0 Å². The molecule has 1 saturated carbocycles. The number of halogens is 1. The van der Waals surface area contributed by atoms with Crippen LogP contribution in [-0.4, -0.2) is 46.8 Å². The van der Waals surface area contributed by atoms with Crippen LogP contribution in [0.1, 0.15) is 50.6 Å². The molecule has 2 aliphatic rings. The lowest BCUT2D eigenvalue weighted by atomic mass is 9.82. The number of hydrogen-bond acceptors (Lipinski definition) is 3. The van der Waals surface area contributed by atoms with E-state index in [-0.39, 0.29) is 30.2 Å². The second-order valence-electron chi connectivity index (χ2n) is 7.20. The van der Waals surface area contributed by atoms with Crippen LogP contribution in [0, 0.1) is 5.82 Å². The standard InChI is InChI=1S/C19H24FN3O3/c1-13(14-6-8-15(20)9-7-14)22(2)16(24)12-23-17(25)19(21-18(23)26)10-4-3-5-11-19/h6-9,13H,3-5,10-12H2,1-2H3,(H,21,26)/t13-/m1/s1. The number of hydrogen-bond donors (Lipinski definition) is 1. The molecule has 0 radical (unpaired) electrons. The summed E-state index contributed by atoms with van der Waals surface area (Å²) in [5.74, 6) is -0.969. The Balaban J connectivity index is 1.67. The highest BCUT2D eigenvalue weighted by Gasteiger charge is 2.51. The Labute approximate surface area is 152 Å². The van der Waals surface area contributed by atoms with Crippen LogP contribution in [0.25, 0.3) is 0 Å². The van der Waals surface area contributed by atoms with Gasteiger partial charge in [0.05, 0.1) is 6.04 Å². The van der Waals surface area contributed by atoms with Crippen molar-refractivity contribution in [3.63, 3.8) is 0 Å². The van der Waals surface area contributed by atoms with Crippen molar-refractivity contribution in [1.82, 2.24) is 15.1 Å². The van der Waals surface area contributed by atoms with Crippen LogP contribution in [0.4, 0.5) is 9.18 Å². The van der Waals surface area contributed by atoms with Crippen molar-refractivity contribution in [2.45, 2.75) is 50.6 Å². The van der Waals surface area contributed by atoms with E-state index >= 15 is 0 Å². The molecule has 1 aromatic rings. The minimum Gasteiger partial charge on any atom is -0.337 e. The molecule has 26 heavy (non-hydrogen) atoms. The van der Waals surface area contributed by atoms with Gasteiger partial charge >= 0.3 is 6.03 Å². The van der Waals surface area contributed by atoms with Crippen molar-refractivity contribution in [2.75, 3.05) is 13.6 Å². The van der Waals surface area contributed by atoms with Crippen LogP contribution in [0.5, 0.6) is 0 Å². The van der Waals surface area contributed by atoms with Gasteiger partial charge in [-0.05, 0) is 37.5 Å². The fourth-order valence-corrected chi connectivity index (χ4v) is 3.74. The number of urea groups is 1. The number of carbonyl (C=O) groups is 3. The number of amides is 4. The van der Waals surface area contributed by atoms with Crippen molar-refractivity contribution in [3.8, 4) is 0 Å². The van der Waals surface area contributed by atoms with Gasteiger partial charge in [0.1, 0.15) is 17.9 Å². The molecular weight excluding hydrogens is 337 g/mol. The first-order valence-electron chi connectivity index (χ1n) is 8.99. The first-order valence-corrected chi connectivity index (χ1v) is 8.99. The van der Waals surface area contributed by atoms with Gasteiger partial charge in [-0.25, -0.2) is 9.18 Å². The van der Waals surface area contributed by atoms with Crippen molar-refractivity contribution in [1.29, 1.82) is 0 Å². The smallest absolute Gasteiger partial charge is 0.325 e. The highest BCUT2D eigenvalue weighted by Crippen LogP contribution is 2.33. The molecule has 1 atom stereocenters. The van der Waals surface area contributed by atoms with Crippen molar-refractivity contribution in [3.05, 3.63) is 35.6 Å². The molecule has 0 unspecified atom stereocenters. The number of carbonyl (C=O) groups excluding carboxylic acids is 3. The first kappa shape index (κ1) is 18.4. The van der Waals surface area contributed by atoms with Crippen molar-refractivity contribution >= 4 is 17.8 Å². The lowest BCUT2D eigenvalue weighted by Gasteiger charge is -2.31. The zero-order chi connectivity index (χ0) is 18.9. The van der Waals surface area contributed by atoms with Gasteiger partial charge in [-0.15, -0.1) is 0 Å². The third-order valence-corrected chi connectivity index (χ3v) is 5.57. The third kappa shape index (κ3) is 3.30. The summed E-state index contributed by atoms with van der Waals surface area (Å²) in [4.78, 5) is 40.2. The molecule has 1 spiro atoms. The van der Waals surface area contributed by atoms with Crippen molar-refractivity contribution in [2.24, 2.45) is 0 Å². The molecule has 0 bridgehead atoms. The molecule has 1 aromatic carbocycles. The summed E-state index contributed by atoms with van der Waals surface area (Å²) >= 11 is 0. The Hall–Kier alpha value is -2.44. The van der Waals surface area contributed by atoms with Crippen LogP contribution < -0.4 is 5.32 Å². The Bertz CT molecular complexity index is 713. The number of nitrogens with one attached hydrogen (secondary N) is 1. The fourth-order valence-electron chi connectivity index (χ4n) is 3.74. The number of benzene rings is 1. The van der Waals surface area contributed by atoms with E-state index < -0.39 is 11.6 Å². The summed E-state index contributed by atoms with van der Waals surface area (Å²) in [5, 5.41) is 2.81. The molecule has 1 aliphatic heterocycles. The summed E-state index contributed by atoms with van der Waals surface area (Å²) in [5.41, 5.74) is -0.0419. The normalized spacial score (nSPS) is 20.2. The van der Waals surface area contributed by atoms with Gasteiger partial charge in [0.15, 0.2) is 0 Å². The molecule has 1 N–H and O–H groups in total. The Kier molecular flexibility index (Phi) is 4.98. The van der Waals surface area contributed by atoms with Gasteiger partial charge in [-0.2, -0.15) is 0 Å². The molecular formula is C19H24FN3O3. The molecule has 1 heterocycles. The second-order valence-corrected chi connectivity index (χ2v) is 7.20. The monoisotopic (exact) mass is 361 g/mol. The van der Waals surface area contributed by atoms with E-state index in [0.29, 0.717) is 12.8 Å².